The SMILES string of the molecule is COC[C@H]1[C@@H](NC(=O)c2ccc(N(C)C)cc2)[C@H]2CCO[C@H]21. The molecule has 1 heterocycles. The maximum Gasteiger partial charge on any atom is 0.251 e. The monoisotopic (exact) mass is 304 g/mol. The van der Waals surface area contributed by atoms with Crippen LogP contribution in [-0.4, -0.2) is 52.5 Å². The van der Waals surface area contributed by atoms with Gasteiger partial charge in [-0.3, -0.25) is 4.79 Å². The van der Waals surface area contributed by atoms with Gasteiger partial charge in [-0.25, -0.2) is 0 Å². The molecule has 5 nitrogen and oxygen atoms in total. The predicted octanol–water partition coefficient (Wildman–Crippen LogP) is 1.53. The minimum Gasteiger partial charge on any atom is -0.384 e. The Morgan fingerprint density at radius 2 is 2.09 bits per heavy atom. The predicted molar refractivity (Wildman–Crippen MR) is 85.2 cm³/mol. The average Bonchev–Trinajstić information content (AvgIpc) is 2.94. The van der Waals surface area contributed by atoms with Crippen LogP contribution in [0.15, 0.2) is 24.3 Å². The Labute approximate surface area is 131 Å². The Bertz CT molecular complexity index is 529. The summed E-state index contributed by atoms with van der Waals surface area (Å²) in [5.74, 6) is 0.689. The smallest absolute Gasteiger partial charge is 0.251 e. The molecule has 1 aliphatic carbocycles. The number of nitrogens with zero attached hydrogens (tertiary/aromatic N) is 1. The minimum atomic E-state index is -0.0123. The highest BCUT2D eigenvalue weighted by molar-refractivity contribution is 5.94. The van der Waals surface area contributed by atoms with Crippen LogP contribution in [-0.2, 0) is 9.47 Å². The third kappa shape index (κ3) is 2.71. The normalized spacial score (nSPS) is 29.6. The van der Waals surface area contributed by atoms with Crippen molar-refractivity contribution < 1.29 is 14.3 Å². The van der Waals surface area contributed by atoms with Crippen LogP contribution < -0.4 is 10.2 Å². The number of ether oxygens (including phenoxy) is 2. The molecule has 0 aromatic heterocycles. The number of carbonyl (C=O) groups is 1. The summed E-state index contributed by atoms with van der Waals surface area (Å²) in [4.78, 5) is 14.5. The molecule has 2 aliphatic rings. The highest BCUT2D eigenvalue weighted by Gasteiger charge is 2.54. The van der Waals surface area contributed by atoms with E-state index in [0.717, 1.165) is 18.7 Å². The lowest BCUT2D eigenvalue weighted by molar-refractivity contribution is -0.0809. The van der Waals surface area contributed by atoms with E-state index in [-0.39, 0.29) is 24.0 Å². The molecule has 1 aromatic carbocycles. The molecule has 1 saturated heterocycles. The van der Waals surface area contributed by atoms with Crippen LogP contribution in [0.2, 0.25) is 0 Å². The van der Waals surface area contributed by atoms with Crippen LogP contribution in [0.3, 0.4) is 0 Å². The second kappa shape index (κ2) is 6.26. The lowest BCUT2D eigenvalue weighted by Gasteiger charge is -2.47. The van der Waals surface area contributed by atoms with Gasteiger partial charge >= 0.3 is 0 Å². The number of hydrogen-bond donors (Lipinski definition) is 1. The van der Waals surface area contributed by atoms with Crippen LogP contribution in [0.5, 0.6) is 0 Å². The average molecular weight is 304 g/mol. The lowest BCUT2D eigenvalue weighted by atomic mass is 9.67. The van der Waals surface area contributed by atoms with Crippen molar-refractivity contribution in [1.82, 2.24) is 5.32 Å². The van der Waals surface area contributed by atoms with E-state index in [1.165, 1.54) is 0 Å². The summed E-state index contributed by atoms with van der Waals surface area (Å²) in [5.41, 5.74) is 1.78. The molecular weight excluding hydrogens is 280 g/mol. The van der Waals surface area contributed by atoms with E-state index in [1.807, 2.05) is 43.3 Å². The van der Waals surface area contributed by atoms with E-state index in [2.05, 4.69) is 5.32 Å². The molecule has 2 fully saturated rings. The van der Waals surface area contributed by atoms with Crippen LogP contribution in [0.25, 0.3) is 0 Å². The first-order valence-corrected chi connectivity index (χ1v) is 7.80. The Hall–Kier alpha value is -1.59. The first kappa shape index (κ1) is 15.3. The van der Waals surface area contributed by atoms with Crippen LogP contribution in [0.4, 0.5) is 5.69 Å². The van der Waals surface area contributed by atoms with Gasteiger partial charge in [-0.2, -0.15) is 0 Å². The molecule has 1 N–H and O–H groups in total. The number of nitrogens with one attached hydrogen (secondary N) is 1. The summed E-state index contributed by atoms with van der Waals surface area (Å²) in [6.07, 6.45) is 1.27. The van der Waals surface area contributed by atoms with Gasteiger partial charge in [-0.1, -0.05) is 0 Å². The number of amides is 1. The number of methoxy groups -OCH3 is 1. The molecule has 1 saturated carbocycles. The lowest BCUT2D eigenvalue weighted by Crippen LogP contribution is -2.62. The number of fused-ring (bicyclic) bond motifs is 1. The van der Waals surface area contributed by atoms with Crippen molar-refractivity contribution in [3.05, 3.63) is 29.8 Å². The molecule has 3 rings (SSSR count). The van der Waals surface area contributed by atoms with Crippen molar-refractivity contribution in [1.29, 1.82) is 0 Å². The van der Waals surface area contributed by atoms with E-state index in [1.54, 1.807) is 7.11 Å². The summed E-state index contributed by atoms with van der Waals surface area (Å²) in [6, 6.07) is 7.83. The van der Waals surface area contributed by atoms with Gasteiger partial charge in [0.2, 0.25) is 0 Å². The fourth-order valence-corrected chi connectivity index (χ4v) is 3.58. The molecule has 0 bridgehead atoms. The molecule has 120 valence electrons. The Morgan fingerprint density at radius 3 is 2.73 bits per heavy atom. The zero-order valence-electron chi connectivity index (χ0n) is 13.4. The quantitative estimate of drug-likeness (QED) is 0.896. The molecule has 0 unspecified atom stereocenters. The van der Waals surface area contributed by atoms with E-state index in [4.69, 9.17) is 9.47 Å². The molecular formula is C17H24N2O3. The largest absolute Gasteiger partial charge is 0.384 e. The van der Waals surface area contributed by atoms with Gasteiger partial charge in [0.25, 0.3) is 5.91 Å². The topological polar surface area (TPSA) is 50.8 Å². The van der Waals surface area contributed by atoms with Crippen LogP contribution >= 0.6 is 0 Å². The molecule has 1 aliphatic heterocycles. The third-order valence-electron chi connectivity index (χ3n) is 4.83. The van der Waals surface area contributed by atoms with Gasteiger partial charge in [-0.15, -0.1) is 0 Å². The van der Waals surface area contributed by atoms with Crippen molar-refractivity contribution in [3.63, 3.8) is 0 Å². The van der Waals surface area contributed by atoms with E-state index < -0.39 is 0 Å². The maximum atomic E-state index is 12.5. The first-order valence-electron chi connectivity index (χ1n) is 7.80. The fourth-order valence-electron chi connectivity index (χ4n) is 3.58. The maximum absolute atomic E-state index is 12.5. The van der Waals surface area contributed by atoms with Crippen molar-refractivity contribution in [2.24, 2.45) is 11.8 Å². The van der Waals surface area contributed by atoms with E-state index in [0.29, 0.717) is 18.1 Å². The number of carbonyl (C=O) groups excluding carboxylic acids is 1. The number of anilines is 1. The summed E-state index contributed by atoms with van der Waals surface area (Å²) < 4.78 is 11.0. The van der Waals surface area contributed by atoms with Crippen molar-refractivity contribution >= 4 is 11.6 Å². The number of benzene rings is 1. The van der Waals surface area contributed by atoms with Crippen LogP contribution in [0.1, 0.15) is 16.8 Å². The van der Waals surface area contributed by atoms with Gasteiger partial charge in [0, 0.05) is 56.9 Å². The fraction of sp³-hybridized carbons (Fsp3) is 0.588. The van der Waals surface area contributed by atoms with Gasteiger partial charge in [-0.05, 0) is 30.7 Å². The number of rotatable bonds is 5. The standard InChI is InChI=1S/C17H24N2O3/c1-19(2)12-6-4-11(5-7-12)17(20)18-15-13-8-9-22-16(13)14(15)10-21-3/h4-7,13-16H,8-10H2,1-3H3,(H,18,20)/t13-,14+,15+,16-/m1/s1. The molecule has 4 atom stereocenters. The number of hydrogen-bond acceptors (Lipinski definition) is 4. The molecule has 0 radical (unpaired) electrons. The zero-order chi connectivity index (χ0) is 15.7. The second-order valence-electron chi connectivity index (χ2n) is 6.35. The Balaban J connectivity index is 1.65. The van der Waals surface area contributed by atoms with E-state index in [9.17, 15) is 4.79 Å². The molecule has 0 spiro atoms. The molecule has 1 aromatic rings. The van der Waals surface area contributed by atoms with E-state index >= 15 is 0 Å². The van der Waals surface area contributed by atoms with Crippen molar-refractivity contribution in [3.8, 4) is 0 Å². The summed E-state index contributed by atoms with van der Waals surface area (Å²) >= 11 is 0. The highest BCUT2D eigenvalue weighted by atomic mass is 16.5. The highest BCUT2D eigenvalue weighted by Crippen LogP contribution is 2.43. The van der Waals surface area contributed by atoms with Crippen LogP contribution in [0, 0.1) is 11.8 Å². The van der Waals surface area contributed by atoms with Gasteiger partial charge in [0.05, 0.1) is 12.7 Å². The minimum absolute atomic E-state index is 0.0123. The van der Waals surface area contributed by atoms with Gasteiger partial charge < -0.3 is 19.7 Å². The summed E-state index contributed by atoms with van der Waals surface area (Å²) in [6.45, 7) is 1.42. The second-order valence-corrected chi connectivity index (χ2v) is 6.35. The molecule has 5 heteroatoms. The van der Waals surface area contributed by atoms with Gasteiger partial charge in [0.1, 0.15) is 0 Å². The molecule has 22 heavy (non-hydrogen) atoms. The summed E-state index contributed by atoms with van der Waals surface area (Å²) in [7, 11) is 5.67. The molecule has 1 amide bonds. The Kier molecular flexibility index (Phi) is 4.36. The van der Waals surface area contributed by atoms with Gasteiger partial charge in [0.15, 0.2) is 0 Å². The third-order valence-corrected chi connectivity index (χ3v) is 4.83. The zero-order valence-corrected chi connectivity index (χ0v) is 13.4. The van der Waals surface area contributed by atoms with Crippen molar-refractivity contribution in [2.45, 2.75) is 18.6 Å². The first-order chi connectivity index (χ1) is 10.6. The Morgan fingerprint density at radius 1 is 1.36 bits per heavy atom. The van der Waals surface area contributed by atoms with Crippen molar-refractivity contribution in [2.75, 3.05) is 39.3 Å². The summed E-state index contributed by atoms with van der Waals surface area (Å²) in [5, 5.41) is 3.18.